The fourth-order valence-electron chi connectivity index (χ4n) is 2.89. The number of hydrogen-bond acceptors (Lipinski definition) is 4. The second-order valence-electron chi connectivity index (χ2n) is 7.53. The molecule has 0 rings (SSSR count). The molecule has 0 spiro atoms. The van der Waals surface area contributed by atoms with Crippen LogP contribution in [0.25, 0.3) is 0 Å². The summed E-state index contributed by atoms with van der Waals surface area (Å²) in [7, 11) is 0. The summed E-state index contributed by atoms with van der Waals surface area (Å²) in [5, 5.41) is 0. The van der Waals surface area contributed by atoms with Gasteiger partial charge in [0.05, 0.1) is 26.1 Å². The van der Waals surface area contributed by atoms with Crippen LogP contribution < -0.4 is 0 Å². The molecule has 0 aliphatic rings. The summed E-state index contributed by atoms with van der Waals surface area (Å²) in [5.41, 5.74) is 0. The zero-order valence-electron chi connectivity index (χ0n) is 18.5. The Kier molecular flexibility index (Phi) is 20.9. The molecule has 0 aromatic heterocycles. The van der Waals surface area contributed by atoms with E-state index < -0.39 is 0 Å². The summed E-state index contributed by atoms with van der Waals surface area (Å²) in [6.45, 7) is 5.30. The summed E-state index contributed by atoms with van der Waals surface area (Å²) in [6, 6.07) is 0. The predicted octanol–water partition coefficient (Wildman–Crippen LogP) is 6.91. The Labute approximate surface area is 173 Å². The maximum atomic E-state index is 11.6. The SMILES string of the molecule is CCCC/C=C/CCCOC(=O)CCC(=O)OCCCCCCCCCCC. The van der Waals surface area contributed by atoms with Crippen LogP contribution >= 0.6 is 0 Å². The zero-order chi connectivity index (χ0) is 20.7. The largest absolute Gasteiger partial charge is 0.466 e. The Morgan fingerprint density at radius 3 is 1.54 bits per heavy atom. The number of rotatable bonds is 20. The number of esters is 2. The Morgan fingerprint density at radius 1 is 0.571 bits per heavy atom. The van der Waals surface area contributed by atoms with Gasteiger partial charge in [0.2, 0.25) is 0 Å². The molecule has 0 radical (unpaired) electrons. The molecule has 164 valence electrons. The van der Waals surface area contributed by atoms with Gasteiger partial charge in [-0.05, 0) is 25.7 Å². The topological polar surface area (TPSA) is 52.6 Å². The molecule has 4 heteroatoms. The summed E-state index contributed by atoms with van der Waals surface area (Å²) in [4.78, 5) is 23.3. The van der Waals surface area contributed by atoms with Crippen LogP contribution in [0.15, 0.2) is 12.2 Å². The molecule has 0 bridgehead atoms. The summed E-state index contributed by atoms with van der Waals surface area (Å²) in [6.07, 6.45) is 21.0. The lowest BCUT2D eigenvalue weighted by molar-refractivity contribution is -0.150. The van der Waals surface area contributed by atoms with Crippen LogP contribution in [0.1, 0.15) is 117 Å². The van der Waals surface area contributed by atoms with E-state index in [1.165, 1.54) is 57.8 Å². The lowest BCUT2D eigenvalue weighted by Crippen LogP contribution is -2.11. The number of carbonyl (C=O) groups is 2. The molecule has 0 saturated heterocycles. The first-order valence-corrected chi connectivity index (χ1v) is 11.7. The molecule has 0 atom stereocenters. The summed E-state index contributed by atoms with van der Waals surface area (Å²) >= 11 is 0. The molecular weight excluding hydrogens is 352 g/mol. The van der Waals surface area contributed by atoms with E-state index in [0.717, 1.165) is 32.1 Å². The van der Waals surface area contributed by atoms with E-state index in [1.807, 2.05) is 0 Å². The van der Waals surface area contributed by atoms with Crippen LogP contribution in [-0.2, 0) is 19.1 Å². The van der Waals surface area contributed by atoms with Crippen molar-refractivity contribution < 1.29 is 19.1 Å². The van der Waals surface area contributed by atoms with Crippen molar-refractivity contribution in [3.63, 3.8) is 0 Å². The summed E-state index contributed by atoms with van der Waals surface area (Å²) < 4.78 is 10.3. The molecule has 0 aliphatic heterocycles. The summed E-state index contributed by atoms with van der Waals surface area (Å²) in [5.74, 6) is -0.606. The van der Waals surface area contributed by atoms with Crippen molar-refractivity contribution in [1.82, 2.24) is 0 Å². The minimum atomic E-state index is -0.310. The van der Waals surface area contributed by atoms with Gasteiger partial charge in [0.15, 0.2) is 0 Å². The van der Waals surface area contributed by atoms with Crippen LogP contribution in [0.4, 0.5) is 0 Å². The zero-order valence-corrected chi connectivity index (χ0v) is 18.5. The van der Waals surface area contributed by atoms with Gasteiger partial charge in [-0.25, -0.2) is 0 Å². The van der Waals surface area contributed by atoms with Crippen molar-refractivity contribution in [2.45, 2.75) is 117 Å². The first kappa shape index (κ1) is 26.7. The highest BCUT2D eigenvalue weighted by atomic mass is 16.5. The van der Waals surface area contributed by atoms with Crippen LogP contribution in [0.3, 0.4) is 0 Å². The molecule has 0 amide bonds. The van der Waals surface area contributed by atoms with Gasteiger partial charge in [0, 0.05) is 0 Å². The van der Waals surface area contributed by atoms with E-state index in [4.69, 9.17) is 9.47 Å². The molecule has 0 aromatic rings. The molecule has 0 aromatic carbocycles. The predicted molar refractivity (Wildman–Crippen MR) is 116 cm³/mol. The molecule has 0 N–H and O–H groups in total. The van der Waals surface area contributed by atoms with Gasteiger partial charge < -0.3 is 9.47 Å². The highest BCUT2D eigenvalue weighted by molar-refractivity contribution is 5.77. The average molecular weight is 397 g/mol. The van der Waals surface area contributed by atoms with Crippen LogP contribution in [-0.4, -0.2) is 25.2 Å². The van der Waals surface area contributed by atoms with Gasteiger partial charge >= 0.3 is 11.9 Å². The van der Waals surface area contributed by atoms with Crippen molar-refractivity contribution >= 4 is 11.9 Å². The molecule has 28 heavy (non-hydrogen) atoms. The number of ether oxygens (including phenoxy) is 2. The number of hydrogen-bond donors (Lipinski definition) is 0. The van der Waals surface area contributed by atoms with Crippen molar-refractivity contribution in [3.8, 4) is 0 Å². The maximum Gasteiger partial charge on any atom is 0.306 e. The number of carbonyl (C=O) groups excluding carboxylic acids is 2. The van der Waals surface area contributed by atoms with Gasteiger partial charge in [-0.2, -0.15) is 0 Å². The average Bonchev–Trinajstić information content (AvgIpc) is 2.69. The molecule has 4 nitrogen and oxygen atoms in total. The quantitative estimate of drug-likeness (QED) is 0.127. The highest BCUT2D eigenvalue weighted by Gasteiger charge is 2.08. The van der Waals surface area contributed by atoms with Crippen LogP contribution in [0, 0.1) is 0 Å². The first-order chi connectivity index (χ1) is 13.7. The third-order valence-corrected chi connectivity index (χ3v) is 4.71. The van der Waals surface area contributed by atoms with Crippen LogP contribution in [0.5, 0.6) is 0 Å². The lowest BCUT2D eigenvalue weighted by Gasteiger charge is -2.06. The van der Waals surface area contributed by atoms with E-state index in [2.05, 4.69) is 26.0 Å². The molecular formula is C24H44O4. The minimum Gasteiger partial charge on any atom is -0.466 e. The van der Waals surface area contributed by atoms with E-state index in [-0.39, 0.29) is 24.8 Å². The second-order valence-corrected chi connectivity index (χ2v) is 7.53. The van der Waals surface area contributed by atoms with Crippen molar-refractivity contribution in [1.29, 1.82) is 0 Å². The second kappa shape index (κ2) is 22.0. The third kappa shape index (κ3) is 21.0. The third-order valence-electron chi connectivity index (χ3n) is 4.71. The Bertz CT molecular complexity index is 390. The van der Waals surface area contributed by atoms with Crippen LogP contribution in [0.2, 0.25) is 0 Å². The van der Waals surface area contributed by atoms with E-state index >= 15 is 0 Å². The van der Waals surface area contributed by atoms with E-state index in [9.17, 15) is 9.59 Å². The van der Waals surface area contributed by atoms with Crippen molar-refractivity contribution in [3.05, 3.63) is 12.2 Å². The fourth-order valence-corrected chi connectivity index (χ4v) is 2.89. The standard InChI is InChI=1S/C24H44O4/c1-3-5-7-9-11-12-14-16-18-22-28-24(26)20-19-23(25)27-21-17-15-13-10-8-6-4-2/h10,13H,3-9,11-12,14-22H2,1-2H3/b13-10+. The minimum absolute atomic E-state index is 0.114. The Hall–Kier alpha value is -1.32. The smallest absolute Gasteiger partial charge is 0.306 e. The van der Waals surface area contributed by atoms with Crippen molar-refractivity contribution in [2.24, 2.45) is 0 Å². The Morgan fingerprint density at radius 2 is 1.00 bits per heavy atom. The van der Waals surface area contributed by atoms with Gasteiger partial charge in [0.25, 0.3) is 0 Å². The van der Waals surface area contributed by atoms with Gasteiger partial charge in [-0.15, -0.1) is 0 Å². The van der Waals surface area contributed by atoms with E-state index in [0.29, 0.717) is 13.2 Å². The highest BCUT2D eigenvalue weighted by Crippen LogP contribution is 2.09. The number of unbranched alkanes of at least 4 members (excludes halogenated alkanes) is 11. The first-order valence-electron chi connectivity index (χ1n) is 11.7. The van der Waals surface area contributed by atoms with Gasteiger partial charge in [0.1, 0.15) is 0 Å². The van der Waals surface area contributed by atoms with Gasteiger partial charge in [-0.1, -0.05) is 90.2 Å². The molecule has 0 aliphatic carbocycles. The Balaban J connectivity index is 3.37. The molecule has 0 saturated carbocycles. The lowest BCUT2D eigenvalue weighted by atomic mass is 10.1. The van der Waals surface area contributed by atoms with Crippen molar-refractivity contribution in [2.75, 3.05) is 13.2 Å². The molecule has 0 unspecified atom stereocenters. The normalized spacial score (nSPS) is 11.1. The molecule has 0 fully saturated rings. The molecule has 0 heterocycles. The van der Waals surface area contributed by atoms with Gasteiger partial charge in [-0.3, -0.25) is 9.59 Å². The fraction of sp³-hybridized carbons (Fsp3) is 0.833. The number of allylic oxidation sites excluding steroid dienone is 2. The monoisotopic (exact) mass is 396 g/mol. The maximum absolute atomic E-state index is 11.6. The van der Waals surface area contributed by atoms with E-state index in [1.54, 1.807) is 0 Å².